The summed E-state index contributed by atoms with van der Waals surface area (Å²) in [7, 11) is 0. The van der Waals surface area contributed by atoms with Crippen LogP contribution in [0, 0.1) is 0 Å². The third kappa shape index (κ3) is 5.55. The van der Waals surface area contributed by atoms with Gasteiger partial charge in [0.25, 0.3) is 0 Å². The highest BCUT2D eigenvalue weighted by Crippen LogP contribution is 2.22. The number of primary amides is 1. The van der Waals surface area contributed by atoms with Gasteiger partial charge in [0.05, 0.1) is 0 Å². The van der Waals surface area contributed by atoms with Gasteiger partial charge < -0.3 is 11.1 Å². The predicted molar refractivity (Wildman–Crippen MR) is 96.1 cm³/mol. The van der Waals surface area contributed by atoms with Crippen LogP contribution in [-0.2, 0) is 22.4 Å². The van der Waals surface area contributed by atoms with E-state index in [4.69, 9.17) is 28.9 Å². The van der Waals surface area contributed by atoms with Crippen LogP contribution in [0.1, 0.15) is 17.5 Å². The highest BCUT2D eigenvalue weighted by atomic mass is 35.5. The fourth-order valence-corrected chi connectivity index (χ4v) is 2.81. The smallest absolute Gasteiger partial charge is 0.240 e. The summed E-state index contributed by atoms with van der Waals surface area (Å²) in [5, 5.41) is 3.75. The number of hydrogen-bond acceptors (Lipinski definition) is 2. The van der Waals surface area contributed by atoms with Gasteiger partial charge in [-0.3, -0.25) is 9.59 Å². The summed E-state index contributed by atoms with van der Waals surface area (Å²) in [4.78, 5) is 23.7. The minimum atomic E-state index is -0.736. The molecule has 6 heteroatoms. The van der Waals surface area contributed by atoms with Crippen LogP contribution in [0.5, 0.6) is 0 Å². The van der Waals surface area contributed by atoms with E-state index in [-0.39, 0.29) is 12.3 Å². The Labute approximate surface area is 150 Å². The molecule has 1 unspecified atom stereocenters. The van der Waals surface area contributed by atoms with Crippen molar-refractivity contribution < 1.29 is 9.59 Å². The lowest BCUT2D eigenvalue weighted by Crippen LogP contribution is -2.45. The molecule has 0 saturated heterocycles. The molecular weight excluding hydrogens is 347 g/mol. The van der Waals surface area contributed by atoms with Crippen molar-refractivity contribution in [1.82, 2.24) is 5.32 Å². The molecule has 3 N–H and O–H groups in total. The molecule has 1 atom stereocenters. The van der Waals surface area contributed by atoms with Crippen molar-refractivity contribution in [1.29, 1.82) is 0 Å². The monoisotopic (exact) mass is 364 g/mol. The Bertz CT molecular complexity index is 720. The zero-order valence-corrected chi connectivity index (χ0v) is 14.5. The lowest BCUT2D eigenvalue weighted by molar-refractivity contribution is -0.127. The number of nitrogens with one attached hydrogen (secondary N) is 1. The van der Waals surface area contributed by atoms with E-state index in [2.05, 4.69) is 5.32 Å². The Morgan fingerprint density at radius 1 is 1.08 bits per heavy atom. The van der Waals surface area contributed by atoms with Gasteiger partial charge in [0.1, 0.15) is 6.04 Å². The normalized spacial score (nSPS) is 11.8. The van der Waals surface area contributed by atoms with E-state index in [1.165, 1.54) is 0 Å². The van der Waals surface area contributed by atoms with Gasteiger partial charge in [-0.2, -0.15) is 0 Å². The first-order valence-corrected chi connectivity index (χ1v) is 8.28. The molecule has 0 aromatic heterocycles. The lowest BCUT2D eigenvalue weighted by atomic mass is 10.0. The van der Waals surface area contributed by atoms with Gasteiger partial charge >= 0.3 is 0 Å². The average molecular weight is 365 g/mol. The largest absolute Gasteiger partial charge is 0.368 e. The van der Waals surface area contributed by atoms with Gasteiger partial charge in [-0.25, -0.2) is 0 Å². The van der Waals surface area contributed by atoms with E-state index in [9.17, 15) is 9.59 Å². The second kappa shape index (κ2) is 8.71. The quantitative estimate of drug-likeness (QED) is 0.791. The number of carbonyl (C=O) groups is 2. The maximum Gasteiger partial charge on any atom is 0.240 e. The van der Waals surface area contributed by atoms with E-state index in [1.54, 1.807) is 18.2 Å². The van der Waals surface area contributed by atoms with Crippen LogP contribution in [0.2, 0.25) is 10.0 Å². The Morgan fingerprint density at radius 2 is 1.79 bits per heavy atom. The summed E-state index contributed by atoms with van der Waals surface area (Å²) in [6, 6.07) is 13.8. The molecule has 0 fully saturated rings. The van der Waals surface area contributed by atoms with Gasteiger partial charge in [0.2, 0.25) is 11.8 Å². The highest BCUT2D eigenvalue weighted by Gasteiger charge is 2.18. The second-order valence-electron chi connectivity index (χ2n) is 5.45. The van der Waals surface area contributed by atoms with Crippen molar-refractivity contribution in [2.75, 3.05) is 0 Å². The van der Waals surface area contributed by atoms with Crippen LogP contribution < -0.4 is 11.1 Å². The van der Waals surface area contributed by atoms with E-state index in [1.807, 2.05) is 30.3 Å². The summed E-state index contributed by atoms with van der Waals surface area (Å²) in [5.41, 5.74) is 7.15. The van der Waals surface area contributed by atoms with Crippen molar-refractivity contribution in [3.05, 3.63) is 69.7 Å². The zero-order valence-electron chi connectivity index (χ0n) is 13.0. The molecule has 0 radical (unpaired) electrons. The SMILES string of the molecule is NC(=O)C(Cc1ccccc1)NC(=O)CCc1ccc(Cl)cc1Cl. The van der Waals surface area contributed by atoms with Crippen LogP contribution in [0.3, 0.4) is 0 Å². The van der Waals surface area contributed by atoms with Crippen molar-refractivity contribution in [2.24, 2.45) is 5.73 Å². The van der Waals surface area contributed by atoms with Gasteiger partial charge in [-0.05, 0) is 29.7 Å². The van der Waals surface area contributed by atoms with Crippen LogP contribution in [0.4, 0.5) is 0 Å². The molecule has 4 nitrogen and oxygen atoms in total. The predicted octanol–water partition coefficient (Wildman–Crippen LogP) is 3.14. The molecule has 0 spiro atoms. The number of carbonyl (C=O) groups excluding carboxylic acids is 2. The van der Waals surface area contributed by atoms with Crippen molar-refractivity contribution in [3.8, 4) is 0 Å². The number of aryl methyl sites for hydroxylation is 1. The Hall–Kier alpha value is -2.04. The highest BCUT2D eigenvalue weighted by molar-refractivity contribution is 6.35. The fraction of sp³-hybridized carbons (Fsp3) is 0.222. The molecule has 2 aromatic carbocycles. The molecule has 2 amide bonds. The molecule has 0 aliphatic heterocycles. The molecule has 24 heavy (non-hydrogen) atoms. The van der Waals surface area contributed by atoms with Crippen molar-refractivity contribution >= 4 is 35.0 Å². The molecule has 2 aromatic rings. The fourth-order valence-electron chi connectivity index (χ4n) is 2.31. The number of rotatable bonds is 7. The number of amides is 2. The molecule has 0 aliphatic carbocycles. The summed E-state index contributed by atoms with van der Waals surface area (Å²) in [5.74, 6) is -0.808. The van der Waals surface area contributed by atoms with Crippen molar-refractivity contribution in [2.45, 2.75) is 25.3 Å². The van der Waals surface area contributed by atoms with Crippen LogP contribution >= 0.6 is 23.2 Å². The minimum Gasteiger partial charge on any atom is -0.368 e. The number of halogens is 2. The third-order valence-corrected chi connectivity index (χ3v) is 4.18. The third-order valence-electron chi connectivity index (χ3n) is 3.60. The van der Waals surface area contributed by atoms with E-state index >= 15 is 0 Å². The van der Waals surface area contributed by atoms with Gasteiger partial charge in [0, 0.05) is 22.9 Å². The lowest BCUT2D eigenvalue weighted by Gasteiger charge is -2.15. The van der Waals surface area contributed by atoms with Crippen LogP contribution in [0.25, 0.3) is 0 Å². The molecule has 0 aliphatic rings. The molecular formula is C18H18Cl2N2O2. The van der Waals surface area contributed by atoms with Gasteiger partial charge in [0.15, 0.2) is 0 Å². The maximum atomic E-state index is 12.1. The molecule has 2 rings (SSSR count). The first-order chi connectivity index (χ1) is 11.5. The van der Waals surface area contributed by atoms with Crippen LogP contribution in [-0.4, -0.2) is 17.9 Å². The molecule has 126 valence electrons. The zero-order chi connectivity index (χ0) is 17.5. The first kappa shape index (κ1) is 18.3. The molecule has 0 bridgehead atoms. The Morgan fingerprint density at radius 3 is 2.42 bits per heavy atom. The molecule has 0 saturated carbocycles. The maximum absolute atomic E-state index is 12.1. The minimum absolute atomic E-state index is 0.208. The van der Waals surface area contributed by atoms with Gasteiger partial charge in [-0.1, -0.05) is 59.6 Å². The number of nitrogens with two attached hydrogens (primary N) is 1. The van der Waals surface area contributed by atoms with Crippen LogP contribution in [0.15, 0.2) is 48.5 Å². The second-order valence-corrected chi connectivity index (χ2v) is 6.29. The van der Waals surface area contributed by atoms with Crippen molar-refractivity contribution in [3.63, 3.8) is 0 Å². The van der Waals surface area contributed by atoms with E-state index in [0.29, 0.717) is 22.9 Å². The summed E-state index contributed by atoms with van der Waals surface area (Å²) in [6.07, 6.45) is 1.03. The Balaban J connectivity index is 1.92. The van der Waals surface area contributed by atoms with E-state index < -0.39 is 11.9 Å². The summed E-state index contributed by atoms with van der Waals surface area (Å²) >= 11 is 11.9. The van der Waals surface area contributed by atoms with E-state index in [0.717, 1.165) is 11.1 Å². The van der Waals surface area contributed by atoms with Gasteiger partial charge in [-0.15, -0.1) is 0 Å². The topological polar surface area (TPSA) is 72.2 Å². The number of benzene rings is 2. The summed E-state index contributed by atoms with van der Waals surface area (Å²) < 4.78 is 0. The average Bonchev–Trinajstić information content (AvgIpc) is 2.54. The molecule has 0 heterocycles. The Kier molecular flexibility index (Phi) is 6.64. The number of hydrogen-bond donors (Lipinski definition) is 2. The summed E-state index contributed by atoms with van der Waals surface area (Å²) in [6.45, 7) is 0. The standard InChI is InChI=1S/C18H18Cl2N2O2/c19-14-8-6-13(15(20)11-14)7-9-17(23)22-16(18(21)24)10-12-4-2-1-3-5-12/h1-6,8,11,16H,7,9-10H2,(H2,21,24)(H,22,23). The first-order valence-electron chi connectivity index (χ1n) is 7.52.